The molecule has 0 saturated carbocycles. The number of hydrogen-bond acceptors (Lipinski definition) is 2. The van der Waals surface area contributed by atoms with E-state index in [1.54, 1.807) is 0 Å². The van der Waals surface area contributed by atoms with Crippen LogP contribution >= 0.6 is 0 Å². The Labute approximate surface area is 158 Å². The number of aliphatic imine (C=N–C) groups is 1. The van der Waals surface area contributed by atoms with Crippen LogP contribution < -0.4 is 10.6 Å². The Morgan fingerprint density at radius 2 is 2.04 bits per heavy atom. The minimum Gasteiger partial charge on any atom is -0.357 e. The highest BCUT2D eigenvalue weighted by molar-refractivity contribution is 5.94. The first-order chi connectivity index (χ1) is 12.5. The van der Waals surface area contributed by atoms with Crippen molar-refractivity contribution >= 4 is 11.9 Å². The van der Waals surface area contributed by atoms with Crippen LogP contribution in [0.2, 0.25) is 0 Å². The molecule has 144 valence electrons. The smallest absolute Gasteiger partial charge is 0.251 e. The van der Waals surface area contributed by atoms with Gasteiger partial charge in [0, 0.05) is 31.7 Å². The van der Waals surface area contributed by atoms with E-state index in [0.29, 0.717) is 18.7 Å². The van der Waals surface area contributed by atoms with Gasteiger partial charge in [-0.05, 0) is 56.2 Å². The second kappa shape index (κ2) is 10.2. The van der Waals surface area contributed by atoms with Gasteiger partial charge in [0.05, 0.1) is 6.54 Å². The van der Waals surface area contributed by atoms with Crippen LogP contribution in [0.25, 0.3) is 0 Å². The van der Waals surface area contributed by atoms with Crippen LogP contribution in [0, 0.1) is 11.8 Å². The van der Waals surface area contributed by atoms with Crippen LogP contribution in [0.4, 0.5) is 0 Å². The fourth-order valence-corrected chi connectivity index (χ4v) is 3.55. The first-order valence-electron chi connectivity index (χ1n) is 9.93. The third-order valence-corrected chi connectivity index (χ3v) is 4.66. The zero-order chi connectivity index (χ0) is 18.9. The Morgan fingerprint density at radius 1 is 1.27 bits per heavy atom. The number of nitrogens with one attached hydrogen (secondary N) is 2. The zero-order valence-electron chi connectivity index (χ0n) is 16.7. The van der Waals surface area contributed by atoms with E-state index in [1.165, 1.54) is 12.8 Å². The zero-order valence-corrected chi connectivity index (χ0v) is 16.7. The summed E-state index contributed by atoms with van der Waals surface area (Å²) >= 11 is 0. The van der Waals surface area contributed by atoms with E-state index in [4.69, 9.17) is 4.99 Å². The number of hydrogen-bond donors (Lipinski definition) is 2. The van der Waals surface area contributed by atoms with Gasteiger partial charge in [-0.2, -0.15) is 0 Å². The van der Waals surface area contributed by atoms with Crippen molar-refractivity contribution in [2.24, 2.45) is 16.8 Å². The SMILES string of the molecule is CCNC(=O)c1cccc(CN=C(NCC)N2CCC(CC(C)C)C2)c1. The molecule has 2 rings (SSSR count). The Balaban J connectivity index is 2.03. The molecule has 0 radical (unpaired) electrons. The highest BCUT2D eigenvalue weighted by Crippen LogP contribution is 2.23. The average molecular weight is 359 g/mol. The Kier molecular flexibility index (Phi) is 7.95. The Hall–Kier alpha value is -2.04. The van der Waals surface area contributed by atoms with E-state index in [-0.39, 0.29) is 5.91 Å². The molecule has 0 bridgehead atoms. The summed E-state index contributed by atoms with van der Waals surface area (Å²) in [5, 5.41) is 6.27. The number of likely N-dealkylation sites (tertiary alicyclic amines) is 1. The van der Waals surface area contributed by atoms with Crippen LogP contribution in [-0.2, 0) is 6.54 Å². The number of carbonyl (C=O) groups excluding carboxylic acids is 1. The molecule has 1 atom stereocenters. The number of carbonyl (C=O) groups is 1. The summed E-state index contributed by atoms with van der Waals surface area (Å²) in [5.74, 6) is 2.47. The number of guanidine groups is 1. The predicted octanol–water partition coefficient (Wildman–Crippen LogP) is 3.27. The lowest BCUT2D eigenvalue weighted by atomic mass is 9.97. The van der Waals surface area contributed by atoms with Gasteiger partial charge in [-0.1, -0.05) is 26.0 Å². The van der Waals surface area contributed by atoms with Gasteiger partial charge in [0.25, 0.3) is 5.91 Å². The van der Waals surface area contributed by atoms with Crippen molar-refractivity contribution < 1.29 is 4.79 Å². The number of nitrogens with zero attached hydrogens (tertiary/aromatic N) is 2. The minimum absolute atomic E-state index is 0.0266. The summed E-state index contributed by atoms with van der Waals surface area (Å²) in [6.07, 6.45) is 2.53. The topological polar surface area (TPSA) is 56.7 Å². The molecule has 1 aliphatic heterocycles. The van der Waals surface area contributed by atoms with Crippen molar-refractivity contribution in [2.75, 3.05) is 26.2 Å². The van der Waals surface area contributed by atoms with Crippen LogP contribution in [-0.4, -0.2) is 42.9 Å². The normalized spacial score (nSPS) is 17.7. The standard InChI is InChI=1S/C21H34N4O/c1-5-22-20(26)19-9-7-8-17(13-19)14-24-21(23-6-2)25-11-10-18(15-25)12-16(3)4/h7-9,13,16,18H,5-6,10-12,14-15H2,1-4H3,(H,22,26)(H,23,24). The van der Waals surface area contributed by atoms with Crippen molar-refractivity contribution in [2.45, 2.75) is 47.1 Å². The largest absolute Gasteiger partial charge is 0.357 e. The van der Waals surface area contributed by atoms with Crippen LogP contribution in [0.15, 0.2) is 29.3 Å². The molecule has 5 nitrogen and oxygen atoms in total. The summed E-state index contributed by atoms with van der Waals surface area (Å²) in [6, 6.07) is 7.74. The van der Waals surface area contributed by atoms with Crippen LogP contribution in [0.5, 0.6) is 0 Å². The molecular weight excluding hydrogens is 324 g/mol. The van der Waals surface area contributed by atoms with E-state index in [9.17, 15) is 4.79 Å². The third-order valence-electron chi connectivity index (χ3n) is 4.66. The maximum atomic E-state index is 12.0. The lowest BCUT2D eigenvalue weighted by Crippen LogP contribution is -2.40. The number of amides is 1. The molecule has 1 aliphatic rings. The van der Waals surface area contributed by atoms with Crippen molar-refractivity contribution in [3.63, 3.8) is 0 Å². The van der Waals surface area contributed by atoms with E-state index < -0.39 is 0 Å². The van der Waals surface area contributed by atoms with Gasteiger partial charge in [-0.3, -0.25) is 4.79 Å². The maximum Gasteiger partial charge on any atom is 0.251 e. The quantitative estimate of drug-likeness (QED) is 0.581. The van der Waals surface area contributed by atoms with Crippen molar-refractivity contribution in [1.29, 1.82) is 0 Å². The highest BCUT2D eigenvalue weighted by Gasteiger charge is 2.25. The molecule has 2 N–H and O–H groups in total. The molecule has 0 aliphatic carbocycles. The molecule has 5 heteroatoms. The van der Waals surface area contributed by atoms with E-state index >= 15 is 0 Å². The molecule has 1 saturated heterocycles. The lowest BCUT2D eigenvalue weighted by Gasteiger charge is -2.22. The van der Waals surface area contributed by atoms with Gasteiger partial charge in [0.1, 0.15) is 0 Å². The van der Waals surface area contributed by atoms with Crippen molar-refractivity contribution in [3.05, 3.63) is 35.4 Å². The molecule has 26 heavy (non-hydrogen) atoms. The summed E-state index contributed by atoms with van der Waals surface area (Å²) in [4.78, 5) is 19.2. The Morgan fingerprint density at radius 3 is 2.73 bits per heavy atom. The third kappa shape index (κ3) is 6.04. The number of benzene rings is 1. The maximum absolute atomic E-state index is 12.0. The summed E-state index contributed by atoms with van der Waals surface area (Å²) in [7, 11) is 0. The molecule has 1 aromatic carbocycles. The first-order valence-corrected chi connectivity index (χ1v) is 9.93. The fourth-order valence-electron chi connectivity index (χ4n) is 3.55. The van der Waals surface area contributed by atoms with Crippen molar-refractivity contribution in [1.82, 2.24) is 15.5 Å². The van der Waals surface area contributed by atoms with E-state index in [2.05, 4.69) is 36.3 Å². The van der Waals surface area contributed by atoms with Gasteiger partial charge in [-0.15, -0.1) is 0 Å². The van der Waals surface area contributed by atoms with Gasteiger partial charge in [0.2, 0.25) is 0 Å². The summed E-state index contributed by atoms with van der Waals surface area (Å²) < 4.78 is 0. The summed E-state index contributed by atoms with van der Waals surface area (Å²) in [6.45, 7) is 12.9. The van der Waals surface area contributed by atoms with Gasteiger partial charge in [0.15, 0.2) is 5.96 Å². The average Bonchev–Trinajstić information content (AvgIpc) is 3.06. The van der Waals surface area contributed by atoms with Gasteiger partial charge >= 0.3 is 0 Å². The van der Waals surface area contributed by atoms with Crippen molar-refractivity contribution in [3.8, 4) is 0 Å². The minimum atomic E-state index is -0.0266. The van der Waals surface area contributed by atoms with E-state index in [0.717, 1.165) is 43.0 Å². The Bertz CT molecular complexity index is 612. The van der Waals surface area contributed by atoms with E-state index in [1.807, 2.05) is 31.2 Å². The highest BCUT2D eigenvalue weighted by atomic mass is 16.1. The fraction of sp³-hybridized carbons (Fsp3) is 0.619. The second-order valence-electron chi connectivity index (χ2n) is 7.46. The summed E-state index contributed by atoms with van der Waals surface area (Å²) in [5.41, 5.74) is 1.75. The molecule has 0 aromatic heterocycles. The molecular formula is C21H34N4O. The van der Waals surface area contributed by atoms with Gasteiger partial charge in [-0.25, -0.2) is 4.99 Å². The van der Waals surface area contributed by atoms with Crippen LogP contribution in [0.3, 0.4) is 0 Å². The molecule has 1 amide bonds. The molecule has 1 aromatic rings. The monoisotopic (exact) mass is 358 g/mol. The van der Waals surface area contributed by atoms with Crippen LogP contribution in [0.1, 0.15) is 56.5 Å². The van der Waals surface area contributed by atoms with Gasteiger partial charge < -0.3 is 15.5 Å². The number of rotatable bonds is 7. The lowest BCUT2D eigenvalue weighted by molar-refractivity contribution is 0.0955. The molecule has 1 unspecified atom stereocenters. The molecule has 1 heterocycles. The predicted molar refractivity (Wildman–Crippen MR) is 108 cm³/mol. The first kappa shape index (κ1) is 20.3. The molecule has 0 spiro atoms. The molecule has 1 fully saturated rings. The second-order valence-corrected chi connectivity index (χ2v) is 7.46.